The Kier molecular flexibility index (Phi) is 31.6. The van der Waals surface area contributed by atoms with Crippen LogP contribution in [0.4, 0.5) is 0 Å². The molecule has 0 aromatic heterocycles. The summed E-state index contributed by atoms with van der Waals surface area (Å²) in [6, 6.07) is 0. The van der Waals surface area contributed by atoms with Crippen LogP contribution in [0, 0.1) is 0 Å². The molecule has 0 aliphatic rings. The third-order valence-corrected chi connectivity index (χ3v) is 5.52. The molecule has 0 aromatic carbocycles. The Labute approximate surface area is 277 Å². The lowest BCUT2D eigenvalue weighted by molar-refractivity contribution is -0.148. The number of rotatable bonds is 27. The van der Waals surface area contributed by atoms with Crippen molar-refractivity contribution in [2.24, 2.45) is 0 Å². The number of ether oxygens (including phenoxy) is 6. The van der Waals surface area contributed by atoms with Gasteiger partial charge in [-0.25, -0.2) is 9.59 Å². The third-order valence-electron chi connectivity index (χ3n) is 5.52. The van der Waals surface area contributed by atoms with E-state index in [4.69, 9.17) is 18.9 Å². The molecule has 0 aliphatic heterocycles. The Hall–Kier alpha value is -4.27. The minimum atomic E-state index is -0.615. The number of amides is 2. The van der Waals surface area contributed by atoms with E-state index in [1.807, 2.05) is 0 Å². The van der Waals surface area contributed by atoms with E-state index < -0.39 is 42.1 Å². The first-order chi connectivity index (χ1) is 22.5. The van der Waals surface area contributed by atoms with Gasteiger partial charge in [0.2, 0.25) is 11.8 Å². The summed E-state index contributed by atoms with van der Waals surface area (Å²) < 4.78 is 29.1. The average molecular weight is 673 g/mol. The second kappa shape index (κ2) is 33.1. The van der Waals surface area contributed by atoms with Gasteiger partial charge < -0.3 is 39.1 Å². The standard InChI is InChI=1S/C25H42N2O9.C7H10O4/c1-3-5-6-10-15-34-24(31)19-21(28)26-12-13-27-22(29)20-25(32)35-16-11-8-7-9-14-33-17-18-36-23(30)4-2;1-3-7(9)11-5-4-10-6(2)8/h4H,2-3,5-20H2,1H3,(H,26,28)(H,27,29);3H,1,4-5H2,2H3. The van der Waals surface area contributed by atoms with Gasteiger partial charge in [-0.05, 0) is 25.7 Å². The van der Waals surface area contributed by atoms with Gasteiger partial charge in [0.25, 0.3) is 0 Å². The quantitative estimate of drug-likeness (QED) is 0.0424. The fourth-order valence-corrected chi connectivity index (χ4v) is 3.20. The fraction of sp³-hybridized carbons (Fsp3) is 0.656. The zero-order chi connectivity index (χ0) is 35.5. The maximum Gasteiger partial charge on any atom is 0.330 e. The summed E-state index contributed by atoms with van der Waals surface area (Å²) in [5, 5.41) is 5.02. The van der Waals surface area contributed by atoms with Crippen LogP contribution >= 0.6 is 0 Å². The second-order valence-corrected chi connectivity index (χ2v) is 9.66. The molecule has 0 saturated carbocycles. The molecule has 0 spiro atoms. The monoisotopic (exact) mass is 672 g/mol. The Morgan fingerprint density at radius 2 is 0.957 bits per heavy atom. The van der Waals surface area contributed by atoms with Crippen molar-refractivity contribution in [3.8, 4) is 0 Å². The normalized spacial score (nSPS) is 9.83. The molecule has 2 amide bonds. The molecule has 2 N–H and O–H groups in total. The molecule has 0 atom stereocenters. The predicted molar refractivity (Wildman–Crippen MR) is 170 cm³/mol. The highest BCUT2D eigenvalue weighted by molar-refractivity contribution is 5.95. The van der Waals surface area contributed by atoms with Gasteiger partial charge >= 0.3 is 29.8 Å². The Bertz CT molecular complexity index is 953. The highest BCUT2D eigenvalue weighted by atomic mass is 16.6. The molecule has 0 radical (unpaired) electrons. The van der Waals surface area contributed by atoms with Crippen molar-refractivity contribution in [3.63, 3.8) is 0 Å². The minimum Gasteiger partial charge on any atom is -0.465 e. The predicted octanol–water partition coefficient (Wildman–Crippen LogP) is 2.25. The number of unbranched alkanes of at least 4 members (excludes halogenated alkanes) is 6. The molecular formula is C32H52N2O13. The van der Waals surface area contributed by atoms with Crippen molar-refractivity contribution in [2.75, 3.05) is 59.3 Å². The molecule has 0 saturated heterocycles. The average Bonchev–Trinajstić information content (AvgIpc) is 3.03. The molecule has 0 rings (SSSR count). The zero-order valence-corrected chi connectivity index (χ0v) is 27.8. The van der Waals surface area contributed by atoms with Crippen LogP contribution in [0.1, 0.15) is 78.1 Å². The highest BCUT2D eigenvalue weighted by Crippen LogP contribution is 2.02. The number of hydrogen-bond donors (Lipinski definition) is 2. The van der Waals surface area contributed by atoms with Crippen LogP contribution in [0.15, 0.2) is 25.3 Å². The Balaban J connectivity index is 0. The summed E-state index contributed by atoms with van der Waals surface area (Å²) in [6.07, 6.45) is 8.58. The summed E-state index contributed by atoms with van der Waals surface area (Å²) in [4.78, 5) is 78.1. The molecule has 0 aromatic rings. The van der Waals surface area contributed by atoms with Gasteiger partial charge in [-0.15, -0.1) is 0 Å². The highest BCUT2D eigenvalue weighted by Gasteiger charge is 2.12. The lowest BCUT2D eigenvalue weighted by Gasteiger charge is -2.08. The van der Waals surface area contributed by atoms with Crippen LogP contribution in [0.25, 0.3) is 0 Å². The van der Waals surface area contributed by atoms with E-state index in [1.165, 1.54) is 6.92 Å². The van der Waals surface area contributed by atoms with E-state index in [-0.39, 0.29) is 51.9 Å². The van der Waals surface area contributed by atoms with Gasteiger partial charge in [0.15, 0.2) is 0 Å². The first kappa shape index (κ1) is 44.9. The van der Waals surface area contributed by atoms with E-state index >= 15 is 0 Å². The van der Waals surface area contributed by atoms with Crippen LogP contribution < -0.4 is 10.6 Å². The first-order valence-electron chi connectivity index (χ1n) is 15.7. The van der Waals surface area contributed by atoms with Crippen molar-refractivity contribution in [2.45, 2.75) is 78.1 Å². The van der Waals surface area contributed by atoms with E-state index in [9.17, 15) is 33.6 Å². The van der Waals surface area contributed by atoms with Crippen molar-refractivity contribution >= 4 is 41.7 Å². The van der Waals surface area contributed by atoms with Crippen LogP contribution in [-0.2, 0) is 62.0 Å². The number of nitrogens with one attached hydrogen (secondary N) is 2. The van der Waals surface area contributed by atoms with E-state index in [1.54, 1.807) is 0 Å². The first-order valence-corrected chi connectivity index (χ1v) is 15.7. The topological polar surface area (TPSA) is 199 Å². The number of esters is 5. The molecule has 0 bridgehead atoms. The van der Waals surface area contributed by atoms with Crippen molar-refractivity contribution in [3.05, 3.63) is 25.3 Å². The number of hydrogen-bond acceptors (Lipinski definition) is 13. The Morgan fingerprint density at radius 3 is 1.40 bits per heavy atom. The van der Waals surface area contributed by atoms with Gasteiger partial charge in [-0.2, -0.15) is 0 Å². The fourth-order valence-electron chi connectivity index (χ4n) is 3.20. The molecular weight excluding hydrogens is 620 g/mol. The molecule has 0 aliphatic carbocycles. The molecule has 268 valence electrons. The smallest absolute Gasteiger partial charge is 0.330 e. The molecule has 47 heavy (non-hydrogen) atoms. The van der Waals surface area contributed by atoms with E-state index in [0.717, 1.165) is 57.1 Å². The molecule has 0 heterocycles. The minimum absolute atomic E-state index is 0.0738. The maximum absolute atomic E-state index is 11.8. The van der Waals surface area contributed by atoms with E-state index in [0.29, 0.717) is 26.2 Å². The molecule has 15 heteroatoms. The van der Waals surface area contributed by atoms with E-state index in [2.05, 4.69) is 40.2 Å². The van der Waals surface area contributed by atoms with Crippen molar-refractivity contribution < 1.29 is 62.0 Å². The summed E-state index contributed by atoms with van der Waals surface area (Å²) in [6.45, 7) is 11.9. The molecule has 0 fully saturated rings. The van der Waals surface area contributed by atoms with Gasteiger partial charge in [0.05, 0.1) is 19.8 Å². The van der Waals surface area contributed by atoms with Crippen LogP contribution in [0.5, 0.6) is 0 Å². The maximum atomic E-state index is 11.8. The van der Waals surface area contributed by atoms with Gasteiger partial charge in [-0.1, -0.05) is 45.8 Å². The van der Waals surface area contributed by atoms with Crippen LogP contribution in [0.3, 0.4) is 0 Å². The van der Waals surface area contributed by atoms with Crippen LogP contribution in [-0.4, -0.2) is 101 Å². The second-order valence-electron chi connectivity index (χ2n) is 9.66. The van der Waals surface area contributed by atoms with Crippen LogP contribution in [0.2, 0.25) is 0 Å². The third kappa shape index (κ3) is 36.1. The van der Waals surface area contributed by atoms with Gasteiger partial charge in [-0.3, -0.25) is 24.0 Å². The lowest BCUT2D eigenvalue weighted by Crippen LogP contribution is -2.36. The summed E-state index contributed by atoms with van der Waals surface area (Å²) in [5.41, 5.74) is 0. The number of carbonyl (C=O) groups is 7. The summed E-state index contributed by atoms with van der Waals surface area (Å²) in [5.74, 6) is -3.56. The lowest BCUT2D eigenvalue weighted by atomic mass is 10.2. The Morgan fingerprint density at radius 1 is 0.532 bits per heavy atom. The van der Waals surface area contributed by atoms with Gasteiger partial charge in [0.1, 0.15) is 32.7 Å². The summed E-state index contributed by atoms with van der Waals surface area (Å²) >= 11 is 0. The summed E-state index contributed by atoms with van der Waals surface area (Å²) in [7, 11) is 0. The zero-order valence-electron chi connectivity index (χ0n) is 27.8. The van der Waals surface area contributed by atoms with Crippen molar-refractivity contribution in [1.82, 2.24) is 10.6 Å². The number of carbonyl (C=O) groups excluding carboxylic acids is 7. The molecule has 15 nitrogen and oxygen atoms in total. The molecule has 0 unspecified atom stereocenters. The SMILES string of the molecule is C=CC(=O)OCCOC(C)=O.C=CC(=O)OCCOCCCCCCOC(=O)CC(=O)NCCNC(=O)CC(=O)OCCCCCC. The largest absolute Gasteiger partial charge is 0.465 e. The van der Waals surface area contributed by atoms with Gasteiger partial charge in [0, 0.05) is 38.8 Å². The van der Waals surface area contributed by atoms with Crippen molar-refractivity contribution in [1.29, 1.82) is 0 Å².